The van der Waals surface area contributed by atoms with Crippen LogP contribution in [0, 0.1) is 5.21 Å². The highest BCUT2D eigenvalue weighted by molar-refractivity contribution is 5.99. The largest absolute Gasteiger partial charge is 0.619 e. The van der Waals surface area contributed by atoms with E-state index in [0.29, 0.717) is 13.0 Å². The van der Waals surface area contributed by atoms with Gasteiger partial charge < -0.3 is 14.5 Å². The lowest BCUT2D eigenvalue weighted by Gasteiger charge is -2.26. The number of ether oxygens (including phenoxy) is 1. The molecule has 1 atom stereocenters. The summed E-state index contributed by atoms with van der Waals surface area (Å²) in [4.78, 5) is 16.8. The molecule has 172 valence electrons. The Kier molecular flexibility index (Phi) is 6.38. The molecule has 0 unspecified atom stereocenters. The number of nitrogens with zero attached hydrogens (tertiary/aromatic N) is 3. The highest BCUT2D eigenvalue weighted by atomic mass is 16.5. The minimum absolute atomic E-state index is 0.206. The summed E-state index contributed by atoms with van der Waals surface area (Å²) in [7, 11) is 0. The van der Waals surface area contributed by atoms with Crippen molar-refractivity contribution in [2.75, 3.05) is 0 Å². The Morgan fingerprint density at radius 2 is 1.85 bits per heavy atom. The van der Waals surface area contributed by atoms with Gasteiger partial charge in [0, 0.05) is 36.5 Å². The first kappa shape index (κ1) is 21.9. The van der Waals surface area contributed by atoms with Crippen molar-refractivity contribution in [3.8, 4) is 5.75 Å². The van der Waals surface area contributed by atoms with E-state index in [2.05, 4.69) is 17.1 Å². The predicted molar refractivity (Wildman–Crippen MR) is 129 cm³/mol. The van der Waals surface area contributed by atoms with E-state index >= 15 is 0 Å². The third-order valence-electron chi connectivity index (χ3n) is 6.43. The number of fused-ring (bicyclic) bond motifs is 1. The first-order valence-corrected chi connectivity index (χ1v) is 11.7. The maximum absolute atomic E-state index is 12.6. The van der Waals surface area contributed by atoms with Crippen molar-refractivity contribution in [2.24, 2.45) is 0 Å². The van der Waals surface area contributed by atoms with Crippen LogP contribution in [0.3, 0.4) is 0 Å². The second kappa shape index (κ2) is 9.91. The molecule has 0 spiro atoms. The Labute approximate surface area is 199 Å². The van der Waals surface area contributed by atoms with Crippen LogP contribution >= 0.6 is 0 Å². The summed E-state index contributed by atoms with van der Waals surface area (Å²) in [5.41, 5.74) is 5.19. The van der Waals surface area contributed by atoms with Crippen molar-refractivity contribution >= 4 is 5.78 Å². The fourth-order valence-electron chi connectivity index (χ4n) is 4.66. The second-order valence-corrected chi connectivity index (χ2v) is 8.69. The van der Waals surface area contributed by atoms with Crippen LogP contribution in [0.25, 0.3) is 0 Å². The smallest absolute Gasteiger partial charge is 0.180 e. The van der Waals surface area contributed by atoms with Crippen LogP contribution in [0.2, 0.25) is 0 Å². The van der Waals surface area contributed by atoms with E-state index < -0.39 is 0 Å². The molecule has 4 aromatic rings. The lowest BCUT2D eigenvalue weighted by molar-refractivity contribution is -0.605. The molecule has 0 amide bonds. The van der Waals surface area contributed by atoms with Crippen molar-refractivity contribution < 1.29 is 14.3 Å². The Morgan fingerprint density at radius 1 is 1.03 bits per heavy atom. The quantitative estimate of drug-likeness (QED) is 0.288. The van der Waals surface area contributed by atoms with Crippen molar-refractivity contribution in [3.05, 3.63) is 119 Å². The molecule has 2 aromatic carbocycles. The number of rotatable bonds is 8. The van der Waals surface area contributed by atoms with E-state index in [1.165, 1.54) is 12.4 Å². The van der Waals surface area contributed by atoms with Gasteiger partial charge in [-0.25, -0.2) is 4.98 Å². The predicted octanol–water partition coefficient (Wildman–Crippen LogP) is 4.64. The average Bonchev–Trinajstić information content (AvgIpc) is 3.38. The third kappa shape index (κ3) is 4.86. The van der Waals surface area contributed by atoms with Gasteiger partial charge in [-0.1, -0.05) is 30.3 Å². The van der Waals surface area contributed by atoms with Crippen molar-refractivity contribution in [2.45, 2.75) is 44.8 Å². The summed E-state index contributed by atoms with van der Waals surface area (Å²) in [6, 6.07) is 17.8. The number of carbonyl (C=O) groups excluding carboxylic acids is 1. The number of hydrogen-bond donors (Lipinski definition) is 0. The summed E-state index contributed by atoms with van der Waals surface area (Å²) in [6.45, 7) is 0.627. The first-order chi connectivity index (χ1) is 16.7. The lowest BCUT2D eigenvalue weighted by atomic mass is 9.85. The molecule has 6 nitrogen and oxygen atoms in total. The zero-order chi connectivity index (χ0) is 23.3. The van der Waals surface area contributed by atoms with Crippen molar-refractivity contribution in [3.63, 3.8) is 0 Å². The summed E-state index contributed by atoms with van der Waals surface area (Å²) in [6.07, 6.45) is 12.2. The molecule has 0 saturated heterocycles. The number of aromatic nitrogens is 3. The van der Waals surface area contributed by atoms with Crippen LogP contribution in [0.15, 0.2) is 85.7 Å². The Balaban J connectivity index is 1.49. The van der Waals surface area contributed by atoms with Crippen LogP contribution in [-0.4, -0.2) is 15.3 Å². The van der Waals surface area contributed by atoms with Crippen LogP contribution in [-0.2, 0) is 25.8 Å². The number of ketones is 1. The molecule has 0 radical (unpaired) electrons. The van der Waals surface area contributed by atoms with Crippen LogP contribution in [0.4, 0.5) is 0 Å². The SMILES string of the molecule is O=C1CCCc2c1ccc(O[C@H](Cn1ccnc1)c1ccccc1)c2CCc1cc[n+]([O-])cc1. The van der Waals surface area contributed by atoms with Gasteiger partial charge in [0.1, 0.15) is 11.9 Å². The van der Waals surface area contributed by atoms with Crippen LogP contribution in [0.1, 0.15) is 51.6 Å². The Bertz CT molecular complexity index is 1250. The van der Waals surface area contributed by atoms with E-state index in [1.54, 1.807) is 12.5 Å². The van der Waals surface area contributed by atoms with Gasteiger partial charge in [0.2, 0.25) is 0 Å². The second-order valence-electron chi connectivity index (χ2n) is 8.69. The van der Waals surface area contributed by atoms with Gasteiger partial charge in [-0.05, 0) is 60.1 Å². The highest BCUT2D eigenvalue weighted by Gasteiger charge is 2.24. The highest BCUT2D eigenvalue weighted by Crippen LogP contribution is 2.35. The summed E-state index contributed by atoms with van der Waals surface area (Å²) < 4.78 is 9.51. The molecule has 1 aliphatic rings. The average molecular weight is 454 g/mol. The number of Topliss-reactive ketones (excluding diaryl/α,β-unsaturated/α-hetero) is 1. The van der Waals surface area contributed by atoms with Crippen LogP contribution < -0.4 is 9.47 Å². The van der Waals surface area contributed by atoms with E-state index in [4.69, 9.17) is 4.74 Å². The zero-order valence-corrected chi connectivity index (χ0v) is 19.0. The molecule has 0 fully saturated rings. The van der Waals surface area contributed by atoms with Crippen molar-refractivity contribution in [1.82, 2.24) is 9.55 Å². The standard InChI is InChI=1S/C28H27N3O3/c32-26-8-4-7-23-24(26)11-12-27(25(23)10-9-21-13-16-31(33)17-14-21)34-28(19-30-18-15-29-20-30)22-5-2-1-3-6-22/h1-3,5-6,11-18,20,28H,4,7-10,19H2/t28-/m1/s1. The Morgan fingerprint density at radius 3 is 2.62 bits per heavy atom. The number of pyridine rings is 1. The molecule has 2 heterocycles. The van der Waals surface area contributed by atoms with Gasteiger partial charge in [-0.2, -0.15) is 4.73 Å². The number of carbonyl (C=O) groups is 1. The molecule has 34 heavy (non-hydrogen) atoms. The molecule has 0 N–H and O–H groups in total. The first-order valence-electron chi connectivity index (χ1n) is 11.7. The fraction of sp³-hybridized carbons (Fsp3) is 0.250. The number of hydrogen-bond acceptors (Lipinski definition) is 4. The van der Waals surface area contributed by atoms with E-state index in [1.807, 2.05) is 53.2 Å². The molecule has 5 rings (SSSR count). The fourth-order valence-corrected chi connectivity index (χ4v) is 4.66. The number of aryl methyl sites for hydroxylation is 1. The zero-order valence-electron chi connectivity index (χ0n) is 19.0. The van der Waals surface area contributed by atoms with E-state index in [-0.39, 0.29) is 11.9 Å². The maximum Gasteiger partial charge on any atom is 0.180 e. The van der Waals surface area contributed by atoms with Gasteiger partial charge in [0.25, 0.3) is 0 Å². The van der Waals surface area contributed by atoms with E-state index in [9.17, 15) is 10.0 Å². The summed E-state index contributed by atoms with van der Waals surface area (Å²) >= 11 is 0. The molecule has 0 bridgehead atoms. The van der Waals surface area contributed by atoms with Gasteiger partial charge in [0.15, 0.2) is 18.2 Å². The number of benzene rings is 2. The normalized spacial score (nSPS) is 13.9. The lowest BCUT2D eigenvalue weighted by Crippen LogP contribution is -2.23. The monoisotopic (exact) mass is 453 g/mol. The van der Waals surface area contributed by atoms with Gasteiger partial charge in [0.05, 0.1) is 12.9 Å². The number of imidazole rings is 1. The molecule has 0 saturated carbocycles. The van der Waals surface area contributed by atoms with Gasteiger partial charge >= 0.3 is 0 Å². The Hall–Kier alpha value is -3.93. The van der Waals surface area contributed by atoms with E-state index in [0.717, 1.165) is 64.0 Å². The maximum atomic E-state index is 12.6. The van der Waals surface area contributed by atoms with Crippen LogP contribution in [0.5, 0.6) is 5.75 Å². The molecule has 6 heteroatoms. The van der Waals surface area contributed by atoms with Gasteiger partial charge in [-0.15, -0.1) is 0 Å². The molecule has 2 aromatic heterocycles. The minimum atomic E-state index is -0.206. The summed E-state index contributed by atoms with van der Waals surface area (Å²) in [5.74, 6) is 1.02. The topological polar surface area (TPSA) is 71.1 Å². The molecule has 1 aliphatic carbocycles. The van der Waals surface area contributed by atoms with Gasteiger partial charge in [-0.3, -0.25) is 4.79 Å². The summed E-state index contributed by atoms with van der Waals surface area (Å²) in [5, 5.41) is 11.4. The molecule has 0 aliphatic heterocycles. The molecular weight excluding hydrogens is 426 g/mol. The minimum Gasteiger partial charge on any atom is -0.619 e. The molecular formula is C28H27N3O3. The third-order valence-corrected chi connectivity index (χ3v) is 6.43. The van der Waals surface area contributed by atoms with Crippen molar-refractivity contribution in [1.29, 1.82) is 0 Å².